The van der Waals surface area contributed by atoms with Gasteiger partial charge >= 0.3 is 0 Å². The number of halogens is 1. The fourth-order valence-corrected chi connectivity index (χ4v) is 3.62. The largest absolute Gasteiger partial charge is 0.478 e. The average molecular weight is 362 g/mol. The van der Waals surface area contributed by atoms with Gasteiger partial charge in [-0.3, -0.25) is 10.1 Å². The molecule has 0 aliphatic heterocycles. The summed E-state index contributed by atoms with van der Waals surface area (Å²) in [6.45, 7) is 3.60. The molecular formula is C17H15FN2O2S2. The number of thiophene rings is 1. The van der Waals surface area contributed by atoms with Gasteiger partial charge in [-0.2, -0.15) is 0 Å². The van der Waals surface area contributed by atoms with Crippen LogP contribution in [0.3, 0.4) is 0 Å². The van der Waals surface area contributed by atoms with Gasteiger partial charge in [0, 0.05) is 10.3 Å². The molecule has 2 heterocycles. The van der Waals surface area contributed by atoms with Gasteiger partial charge in [0.25, 0.3) is 5.91 Å². The summed E-state index contributed by atoms with van der Waals surface area (Å²) < 4.78 is 18.9. The summed E-state index contributed by atoms with van der Waals surface area (Å²) in [5.74, 6) is -0.822. The monoisotopic (exact) mass is 362 g/mol. The van der Waals surface area contributed by atoms with E-state index in [1.807, 2.05) is 24.4 Å². The highest BCUT2D eigenvalue weighted by Gasteiger charge is 2.18. The van der Waals surface area contributed by atoms with E-state index in [-0.39, 0.29) is 11.7 Å². The summed E-state index contributed by atoms with van der Waals surface area (Å²) >= 11 is 2.99. The van der Waals surface area contributed by atoms with Crippen LogP contribution in [-0.4, -0.2) is 17.0 Å². The molecule has 0 fully saturated rings. The van der Waals surface area contributed by atoms with Crippen molar-refractivity contribution >= 4 is 33.7 Å². The maximum atomic E-state index is 13.6. The molecule has 4 nitrogen and oxygen atoms in total. The molecule has 3 rings (SSSR count). The summed E-state index contributed by atoms with van der Waals surface area (Å²) in [4.78, 5) is 18.9. The predicted molar refractivity (Wildman–Crippen MR) is 95.3 cm³/mol. The van der Waals surface area contributed by atoms with E-state index in [1.54, 1.807) is 30.4 Å². The predicted octanol–water partition coefficient (Wildman–Crippen LogP) is 4.73. The van der Waals surface area contributed by atoms with Crippen LogP contribution in [0.5, 0.6) is 5.75 Å². The number of aromatic nitrogens is 1. The van der Waals surface area contributed by atoms with E-state index >= 15 is 0 Å². The van der Waals surface area contributed by atoms with Gasteiger partial charge in [0.1, 0.15) is 0 Å². The van der Waals surface area contributed by atoms with E-state index in [4.69, 9.17) is 4.74 Å². The van der Waals surface area contributed by atoms with E-state index in [1.165, 1.54) is 28.3 Å². The van der Waals surface area contributed by atoms with E-state index in [2.05, 4.69) is 10.3 Å². The first-order chi connectivity index (χ1) is 11.5. The average Bonchev–Trinajstić information content (AvgIpc) is 3.18. The summed E-state index contributed by atoms with van der Waals surface area (Å²) in [5.41, 5.74) is 0.830. The molecule has 0 saturated carbocycles. The van der Waals surface area contributed by atoms with Crippen LogP contribution >= 0.6 is 22.7 Å². The molecule has 2 aromatic heterocycles. The third-order valence-electron chi connectivity index (χ3n) is 3.24. The highest BCUT2D eigenvalue weighted by molar-refractivity contribution is 7.17. The number of carbonyl (C=O) groups is 1. The standard InChI is InChI=1S/C17H15FN2O2S2/c1-10-7-8-15(24-10)13-9-23-17(19-13)20-16(21)11(2)22-14-6-4-3-5-12(14)18/h3-9,11H,1-2H3,(H,19,20,21). The van der Waals surface area contributed by atoms with Crippen molar-refractivity contribution < 1.29 is 13.9 Å². The topological polar surface area (TPSA) is 51.2 Å². The summed E-state index contributed by atoms with van der Waals surface area (Å²) in [6, 6.07) is 10.0. The second kappa shape index (κ2) is 7.11. The lowest BCUT2D eigenvalue weighted by Gasteiger charge is -2.14. The van der Waals surface area contributed by atoms with Crippen LogP contribution < -0.4 is 10.1 Å². The van der Waals surface area contributed by atoms with Gasteiger partial charge in [0.2, 0.25) is 0 Å². The van der Waals surface area contributed by atoms with Gasteiger partial charge in [-0.15, -0.1) is 22.7 Å². The molecule has 1 unspecified atom stereocenters. The number of amides is 1. The second-order valence-corrected chi connectivity index (χ2v) is 7.27. The lowest BCUT2D eigenvalue weighted by molar-refractivity contribution is -0.122. The second-order valence-electron chi connectivity index (χ2n) is 5.13. The van der Waals surface area contributed by atoms with Crippen LogP contribution in [0, 0.1) is 12.7 Å². The van der Waals surface area contributed by atoms with E-state index in [0.29, 0.717) is 5.13 Å². The Kier molecular flexibility index (Phi) is 4.92. The number of rotatable bonds is 5. The van der Waals surface area contributed by atoms with Gasteiger partial charge < -0.3 is 4.74 Å². The fourth-order valence-electron chi connectivity index (χ4n) is 2.01. The molecule has 0 aliphatic rings. The van der Waals surface area contributed by atoms with E-state index in [0.717, 1.165) is 10.6 Å². The number of nitrogens with one attached hydrogen (secondary N) is 1. The highest BCUT2D eigenvalue weighted by atomic mass is 32.1. The Morgan fingerprint density at radius 2 is 2.08 bits per heavy atom. The number of ether oxygens (including phenoxy) is 1. The van der Waals surface area contributed by atoms with Crippen LogP contribution in [0.15, 0.2) is 41.8 Å². The smallest absolute Gasteiger partial charge is 0.266 e. The summed E-state index contributed by atoms with van der Waals surface area (Å²) in [7, 11) is 0. The minimum absolute atomic E-state index is 0.0500. The van der Waals surface area contributed by atoms with Crippen molar-refractivity contribution in [2.45, 2.75) is 20.0 Å². The number of benzene rings is 1. The van der Waals surface area contributed by atoms with Crippen molar-refractivity contribution in [3.63, 3.8) is 0 Å². The SMILES string of the molecule is Cc1ccc(-c2csc(NC(=O)C(C)Oc3ccccc3F)n2)s1. The third-order valence-corrected chi connectivity index (χ3v) is 5.02. The first-order valence-corrected chi connectivity index (χ1v) is 8.97. The Balaban J connectivity index is 1.64. The van der Waals surface area contributed by atoms with E-state index in [9.17, 15) is 9.18 Å². The normalized spacial score (nSPS) is 12.0. The molecule has 0 spiro atoms. The number of hydrogen-bond donors (Lipinski definition) is 1. The van der Waals surface area contributed by atoms with Crippen LogP contribution in [0.1, 0.15) is 11.8 Å². The molecule has 0 aliphatic carbocycles. The number of nitrogens with zero attached hydrogens (tertiary/aromatic N) is 1. The molecule has 1 aromatic carbocycles. The molecule has 0 radical (unpaired) electrons. The first-order valence-electron chi connectivity index (χ1n) is 7.27. The van der Waals surface area contributed by atoms with Crippen molar-refractivity contribution in [1.29, 1.82) is 0 Å². The number of thiazole rings is 1. The molecular weight excluding hydrogens is 347 g/mol. The molecule has 1 amide bonds. The Morgan fingerprint density at radius 1 is 1.29 bits per heavy atom. The molecule has 0 bridgehead atoms. The molecule has 7 heteroatoms. The maximum absolute atomic E-state index is 13.6. The number of anilines is 1. The molecule has 124 valence electrons. The number of aryl methyl sites for hydroxylation is 1. The molecule has 1 atom stereocenters. The Hall–Kier alpha value is -2.25. The van der Waals surface area contributed by atoms with Gasteiger partial charge in [-0.1, -0.05) is 12.1 Å². The Labute approximate surface area is 146 Å². The lowest BCUT2D eigenvalue weighted by atomic mass is 10.3. The third kappa shape index (κ3) is 3.80. The highest BCUT2D eigenvalue weighted by Crippen LogP contribution is 2.30. The van der Waals surface area contributed by atoms with Gasteiger partial charge in [-0.05, 0) is 38.1 Å². The zero-order valence-corrected chi connectivity index (χ0v) is 14.7. The van der Waals surface area contributed by atoms with Crippen LogP contribution in [0.4, 0.5) is 9.52 Å². The Bertz CT molecular complexity index is 860. The number of para-hydroxylation sites is 1. The maximum Gasteiger partial charge on any atom is 0.266 e. The molecule has 0 saturated heterocycles. The zero-order valence-electron chi connectivity index (χ0n) is 13.1. The minimum atomic E-state index is -0.835. The van der Waals surface area contributed by atoms with Crippen molar-refractivity contribution in [3.05, 3.63) is 52.5 Å². The number of carbonyl (C=O) groups excluding carboxylic acids is 1. The number of hydrogen-bond acceptors (Lipinski definition) is 5. The molecule has 3 aromatic rings. The minimum Gasteiger partial charge on any atom is -0.478 e. The molecule has 1 N–H and O–H groups in total. The molecule has 24 heavy (non-hydrogen) atoms. The lowest BCUT2D eigenvalue weighted by Crippen LogP contribution is -2.30. The Morgan fingerprint density at radius 3 is 2.79 bits per heavy atom. The van der Waals surface area contributed by atoms with Gasteiger partial charge in [-0.25, -0.2) is 9.37 Å². The zero-order chi connectivity index (χ0) is 17.1. The van der Waals surface area contributed by atoms with Crippen molar-refractivity contribution in [2.24, 2.45) is 0 Å². The van der Waals surface area contributed by atoms with Gasteiger partial charge in [0.15, 0.2) is 22.8 Å². The van der Waals surface area contributed by atoms with Crippen LogP contribution in [-0.2, 0) is 4.79 Å². The first kappa shape index (κ1) is 16.6. The van der Waals surface area contributed by atoms with Crippen molar-refractivity contribution in [3.8, 4) is 16.3 Å². The fraction of sp³-hybridized carbons (Fsp3) is 0.176. The summed E-state index contributed by atoms with van der Waals surface area (Å²) in [5, 5.41) is 5.09. The van der Waals surface area contributed by atoms with Crippen LogP contribution in [0.25, 0.3) is 10.6 Å². The summed E-state index contributed by atoms with van der Waals surface area (Å²) in [6.07, 6.45) is -0.835. The quantitative estimate of drug-likeness (QED) is 0.714. The van der Waals surface area contributed by atoms with E-state index < -0.39 is 11.9 Å². The van der Waals surface area contributed by atoms with Crippen molar-refractivity contribution in [2.75, 3.05) is 5.32 Å². The van der Waals surface area contributed by atoms with Crippen molar-refractivity contribution in [1.82, 2.24) is 4.98 Å². The van der Waals surface area contributed by atoms with Crippen LogP contribution in [0.2, 0.25) is 0 Å². The van der Waals surface area contributed by atoms with Gasteiger partial charge in [0.05, 0.1) is 10.6 Å².